The van der Waals surface area contributed by atoms with E-state index in [1.165, 1.54) is 18.2 Å². The molecule has 1 aromatic heterocycles. The van der Waals surface area contributed by atoms with E-state index in [1.54, 1.807) is 6.07 Å². The van der Waals surface area contributed by atoms with Gasteiger partial charge in [-0.2, -0.15) is 0 Å². The number of H-pyrrole nitrogens is 1. The Hall–Kier alpha value is -2.30. The van der Waals surface area contributed by atoms with Gasteiger partial charge in [0.2, 0.25) is 0 Å². The number of nitrogens with zero attached hydrogens (tertiary/aromatic N) is 1. The molecule has 0 bridgehead atoms. The molecule has 0 fully saturated rings. The Labute approximate surface area is 100 Å². The van der Waals surface area contributed by atoms with Gasteiger partial charge in [-0.15, -0.1) is 0 Å². The maximum absolute atomic E-state index is 13.6. The molecule has 3 rings (SSSR count). The standard InChI is InChI=1S/C13H7F3N2/c14-7-3-1-4-8(15)11(7)13-17-10-6-2-5-9(16)12(10)18-13/h1-6H,(H,17,18). The maximum Gasteiger partial charge on any atom is 0.151 e. The molecule has 0 aliphatic rings. The highest BCUT2D eigenvalue weighted by Gasteiger charge is 2.15. The lowest BCUT2D eigenvalue weighted by molar-refractivity contribution is 0.588. The molecule has 0 radical (unpaired) electrons. The molecule has 90 valence electrons. The average Bonchev–Trinajstić information content (AvgIpc) is 2.74. The fourth-order valence-corrected chi connectivity index (χ4v) is 1.84. The highest BCUT2D eigenvalue weighted by Crippen LogP contribution is 2.26. The Morgan fingerprint density at radius 3 is 2.11 bits per heavy atom. The topological polar surface area (TPSA) is 28.7 Å². The lowest BCUT2D eigenvalue weighted by Crippen LogP contribution is -1.91. The van der Waals surface area contributed by atoms with Gasteiger partial charge in [-0.3, -0.25) is 0 Å². The van der Waals surface area contributed by atoms with Crippen LogP contribution in [0.2, 0.25) is 0 Å². The van der Waals surface area contributed by atoms with Crippen LogP contribution < -0.4 is 0 Å². The molecule has 1 heterocycles. The van der Waals surface area contributed by atoms with Gasteiger partial charge in [-0.25, -0.2) is 18.2 Å². The first-order valence-corrected chi connectivity index (χ1v) is 5.25. The van der Waals surface area contributed by atoms with Crippen LogP contribution in [-0.2, 0) is 0 Å². The van der Waals surface area contributed by atoms with E-state index >= 15 is 0 Å². The summed E-state index contributed by atoms with van der Waals surface area (Å²) in [6, 6.07) is 7.84. The van der Waals surface area contributed by atoms with Gasteiger partial charge in [0.15, 0.2) is 5.82 Å². The Balaban J connectivity index is 2.30. The minimum Gasteiger partial charge on any atom is -0.338 e. The number of hydrogen-bond acceptors (Lipinski definition) is 1. The number of fused-ring (bicyclic) bond motifs is 1. The van der Waals surface area contributed by atoms with E-state index in [9.17, 15) is 13.2 Å². The summed E-state index contributed by atoms with van der Waals surface area (Å²) < 4.78 is 40.6. The number of aromatic amines is 1. The van der Waals surface area contributed by atoms with Crippen molar-refractivity contribution in [3.05, 3.63) is 53.8 Å². The predicted molar refractivity (Wildman–Crippen MR) is 61.4 cm³/mol. The second kappa shape index (κ2) is 3.87. The molecule has 0 aliphatic heterocycles. The summed E-state index contributed by atoms with van der Waals surface area (Å²) in [5.41, 5.74) is 0.177. The average molecular weight is 248 g/mol. The van der Waals surface area contributed by atoms with Gasteiger partial charge in [0.1, 0.15) is 23.0 Å². The summed E-state index contributed by atoms with van der Waals surface area (Å²) in [7, 11) is 0. The number of nitrogens with one attached hydrogen (secondary N) is 1. The van der Waals surface area contributed by atoms with Crippen LogP contribution in [0.5, 0.6) is 0 Å². The van der Waals surface area contributed by atoms with Crippen LogP contribution in [0, 0.1) is 17.5 Å². The maximum atomic E-state index is 13.6. The van der Waals surface area contributed by atoms with Gasteiger partial charge in [-0.05, 0) is 24.3 Å². The summed E-state index contributed by atoms with van der Waals surface area (Å²) in [6.45, 7) is 0. The van der Waals surface area contributed by atoms with E-state index in [0.29, 0.717) is 5.52 Å². The first kappa shape index (κ1) is 10.8. The molecule has 2 nitrogen and oxygen atoms in total. The molecular weight excluding hydrogens is 241 g/mol. The van der Waals surface area contributed by atoms with E-state index in [4.69, 9.17) is 0 Å². The Bertz CT molecular complexity index is 714. The highest BCUT2D eigenvalue weighted by molar-refractivity contribution is 5.80. The monoisotopic (exact) mass is 248 g/mol. The van der Waals surface area contributed by atoms with E-state index in [0.717, 1.165) is 12.1 Å². The molecule has 0 aliphatic carbocycles. The number of para-hydroxylation sites is 1. The first-order chi connectivity index (χ1) is 8.66. The normalized spacial score (nSPS) is 11.1. The summed E-state index contributed by atoms with van der Waals surface area (Å²) >= 11 is 0. The van der Waals surface area contributed by atoms with Crippen molar-refractivity contribution in [2.75, 3.05) is 0 Å². The van der Waals surface area contributed by atoms with E-state index in [2.05, 4.69) is 9.97 Å². The zero-order valence-corrected chi connectivity index (χ0v) is 9.05. The number of aromatic nitrogens is 2. The van der Waals surface area contributed by atoms with E-state index in [1.807, 2.05) is 0 Å². The Morgan fingerprint density at radius 1 is 0.833 bits per heavy atom. The first-order valence-electron chi connectivity index (χ1n) is 5.25. The fourth-order valence-electron chi connectivity index (χ4n) is 1.84. The molecule has 0 amide bonds. The Morgan fingerprint density at radius 2 is 1.44 bits per heavy atom. The summed E-state index contributed by atoms with van der Waals surface area (Å²) in [4.78, 5) is 6.60. The Kier molecular flexibility index (Phi) is 2.33. The minimum absolute atomic E-state index is 0.0225. The van der Waals surface area contributed by atoms with Gasteiger partial charge >= 0.3 is 0 Å². The number of hydrogen-bond donors (Lipinski definition) is 1. The molecule has 1 N–H and O–H groups in total. The number of benzene rings is 2. The molecule has 0 saturated heterocycles. The molecule has 0 unspecified atom stereocenters. The van der Waals surface area contributed by atoms with Gasteiger partial charge in [-0.1, -0.05) is 12.1 Å². The van der Waals surface area contributed by atoms with Crippen LogP contribution in [0.25, 0.3) is 22.4 Å². The van der Waals surface area contributed by atoms with Crippen LogP contribution in [0.4, 0.5) is 13.2 Å². The van der Waals surface area contributed by atoms with Crippen molar-refractivity contribution in [3.63, 3.8) is 0 Å². The number of imidazole rings is 1. The van der Waals surface area contributed by atoms with E-state index < -0.39 is 17.5 Å². The third-order valence-corrected chi connectivity index (χ3v) is 2.66. The summed E-state index contributed by atoms with van der Waals surface area (Å²) in [5, 5.41) is 0. The van der Waals surface area contributed by atoms with E-state index in [-0.39, 0.29) is 16.9 Å². The van der Waals surface area contributed by atoms with Crippen molar-refractivity contribution in [2.45, 2.75) is 0 Å². The molecule has 0 spiro atoms. The quantitative estimate of drug-likeness (QED) is 0.699. The molecule has 18 heavy (non-hydrogen) atoms. The lowest BCUT2D eigenvalue weighted by atomic mass is 10.2. The zero-order valence-electron chi connectivity index (χ0n) is 9.05. The SMILES string of the molecule is Fc1cccc(F)c1-c1nc2c(F)cccc2[nH]1. The van der Waals surface area contributed by atoms with Crippen LogP contribution in [0.3, 0.4) is 0 Å². The van der Waals surface area contributed by atoms with Crippen LogP contribution in [0.15, 0.2) is 36.4 Å². The van der Waals surface area contributed by atoms with Gasteiger partial charge in [0.05, 0.1) is 11.1 Å². The predicted octanol–water partition coefficient (Wildman–Crippen LogP) is 3.65. The van der Waals surface area contributed by atoms with Crippen molar-refractivity contribution in [1.29, 1.82) is 0 Å². The third-order valence-electron chi connectivity index (χ3n) is 2.66. The molecular formula is C13H7F3N2. The fraction of sp³-hybridized carbons (Fsp3) is 0. The highest BCUT2D eigenvalue weighted by atomic mass is 19.1. The van der Waals surface area contributed by atoms with Crippen LogP contribution >= 0.6 is 0 Å². The number of halogens is 3. The molecule has 0 saturated carbocycles. The van der Waals surface area contributed by atoms with Crippen LogP contribution in [-0.4, -0.2) is 9.97 Å². The smallest absolute Gasteiger partial charge is 0.151 e. The van der Waals surface area contributed by atoms with Crippen molar-refractivity contribution < 1.29 is 13.2 Å². The molecule has 0 atom stereocenters. The molecule has 3 aromatic rings. The summed E-state index contributed by atoms with van der Waals surface area (Å²) in [6.07, 6.45) is 0. The minimum atomic E-state index is -0.741. The van der Waals surface area contributed by atoms with Crippen molar-refractivity contribution in [2.24, 2.45) is 0 Å². The largest absolute Gasteiger partial charge is 0.338 e. The van der Waals surface area contributed by atoms with Crippen molar-refractivity contribution in [1.82, 2.24) is 9.97 Å². The van der Waals surface area contributed by atoms with Gasteiger partial charge < -0.3 is 4.98 Å². The van der Waals surface area contributed by atoms with Crippen molar-refractivity contribution in [3.8, 4) is 11.4 Å². The number of rotatable bonds is 1. The van der Waals surface area contributed by atoms with Crippen LogP contribution in [0.1, 0.15) is 0 Å². The second-order valence-corrected chi connectivity index (χ2v) is 3.82. The molecule has 5 heteroatoms. The second-order valence-electron chi connectivity index (χ2n) is 3.82. The van der Waals surface area contributed by atoms with Crippen molar-refractivity contribution >= 4 is 11.0 Å². The molecule has 2 aromatic carbocycles. The van der Waals surface area contributed by atoms with Gasteiger partial charge in [0.25, 0.3) is 0 Å². The zero-order chi connectivity index (χ0) is 12.7. The summed E-state index contributed by atoms with van der Waals surface area (Å²) in [5.74, 6) is -2.04. The third kappa shape index (κ3) is 1.55. The van der Waals surface area contributed by atoms with Gasteiger partial charge in [0, 0.05) is 0 Å². The lowest BCUT2D eigenvalue weighted by Gasteiger charge is -2.00.